The SMILES string of the molecule is Cc1c(C2c3c([nH]c4cc(C(C)(C)O)ccc34)C(C(N)=O)CC2C)cccc1-n1c(=O)cc2c(Cl)cccn2c1=O. The predicted molar refractivity (Wildman–Crippen MR) is 160 cm³/mol. The number of hydrogen-bond donors (Lipinski definition) is 3. The smallest absolute Gasteiger partial charge is 0.340 e. The molecule has 210 valence electrons. The Labute approximate surface area is 241 Å². The van der Waals surface area contributed by atoms with Crippen molar-refractivity contribution in [3.63, 3.8) is 0 Å². The molecular weight excluding hydrogens is 540 g/mol. The third-order valence-corrected chi connectivity index (χ3v) is 8.86. The summed E-state index contributed by atoms with van der Waals surface area (Å²) in [7, 11) is 0. The lowest BCUT2D eigenvalue weighted by Crippen LogP contribution is -2.36. The fourth-order valence-corrected chi connectivity index (χ4v) is 6.70. The number of amides is 1. The van der Waals surface area contributed by atoms with Crippen molar-refractivity contribution in [3.8, 4) is 5.69 Å². The third kappa shape index (κ3) is 4.21. The van der Waals surface area contributed by atoms with Crippen LogP contribution >= 0.6 is 11.6 Å². The van der Waals surface area contributed by atoms with Gasteiger partial charge < -0.3 is 15.8 Å². The van der Waals surface area contributed by atoms with E-state index >= 15 is 0 Å². The van der Waals surface area contributed by atoms with Gasteiger partial charge in [0.05, 0.1) is 27.7 Å². The second-order valence-corrected chi connectivity index (χ2v) is 12.0. The standard InChI is InChI=1S/C32H31ClN4O4/c1-16-13-21(30(34)39)29-28(20-11-10-18(32(3,4)41)14-23(20)35-29)27(16)19-7-5-9-24(17(19)2)37-26(38)15-25-22(33)8-6-12-36(25)31(37)40/h5-12,14-16,21,27,35,41H,13H2,1-4H3,(H2,34,39). The maximum atomic E-state index is 13.6. The van der Waals surface area contributed by atoms with E-state index in [0.29, 0.717) is 22.6 Å². The molecule has 0 saturated carbocycles. The highest BCUT2D eigenvalue weighted by Gasteiger charge is 2.39. The fraction of sp³-hybridized carbons (Fsp3) is 0.281. The van der Waals surface area contributed by atoms with Gasteiger partial charge in [-0.3, -0.25) is 14.0 Å². The van der Waals surface area contributed by atoms with Gasteiger partial charge in [-0.15, -0.1) is 0 Å². The number of aliphatic hydroxyl groups is 1. The number of benzene rings is 2. The van der Waals surface area contributed by atoms with Crippen LogP contribution < -0.4 is 17.0 Å². The monoisotopic (exact) mass is 570 g/mol. The second kappa shape index (κ2) is 9.46. The van der Waals surface area contributed by atoms with Gasteiger partial charge in [-0.2, -0.15) is 0 Å². The molecule has 0 saturated heterocycles. The number of halogens is 1. The molecule has 41 heavy (non-hydrogen) atoms. The summed E-state index contributed by atoms with van der Waals surface area (Å²) in [6, 6.07) is 16.1. The van der Waals surface area contributed by atoms with Crippen molar-refractivity contribution < 1.29 is 9.90 Å². The molecule has 3 unspecified atom stereocenters. The van der Waals surface area contributed by atoms with Crippen molar-refractivity contribution in [1.29, 1.82) is 0 Å². The molecule has 5 aromatic rings. The van der Waals surface area contributed by atoms with Gasteiger partial charge >= 0.3 is 5.69 Å². The van der Waals surface area contributed by atoms with Gasteiger partial charge in [-0.1, -0.05) is 42.8 Å². The van der Waals surface area contributed by atoms with Crippen LogP contribution in [0.1, 0.15) is 67.0 Å². The second-order valence-electron chi connectivity index (χ2n) is 11.6. The first-order valence-electron chi connectivity index (χ1n) is 13.6. The average Bonchev–Trinajstić information content (AvgIpc) is 3.28. The topological polar surface area (TPSA) is 123 Å². The minimum absolute atomic E-state index is 0.0233. The summed E-state index contributed by atoms with van der Waals surface area (Å²) in [6.45, 7) is 7.47. The number of aromatic nitrogens is 3. The van der Waals surface area contributed by atoms with E-state index in [2.05, 4.69) is 11.9 Å². The van der Waals surface area contributed by atoms with Crippen LogP contribution in [0.25, 0.3) is 22.1 Å². The quantitative estimate of drug-likeness (QED) is 0.285. The molecule has 0 spiro atoms. The van der Waals surface area contributed by atoms with Gasteiger partial charge in [0.2, 0.25) is 5.91 Å². The van der Waals surface area contributed by atoms with E-state index in [1.807, 2.05) is 37.3 Å². The van der Waals surface area contributed by atoms with Crippen LogP contribution in [0.3, 0.4) is 0 Å². The highest BCUT2D eigenvalue weighted by Crippen LogP contribution is 2.49. The summed E-state index contributed by atoms with van der Waals surface area (Å²) in [5, 5.41) is 11.9. The average molecular weight is 571 g/mol. The summed E-state index contributed by atoms with van der Waals surface area (Å²) < 4.78 is 2.54. The van der Waals surface area contributed by atoms with Crippen molar-refractivity contribution in [2.45, 2.75) is 51.6 Å². The van der Waals surface area contributed by atoms with Crippen LogP contribution in [-0.4, -0.2) is 25.0 Å². The highest BCUT2D eigenvalue weighted by atomic mass is 35.5. The van der Waals surface area contributed by atoms with Crippen molar-refractivity contribution in [1.82, 2.24) is 14.0 Å². The van der Waals surface area contributed by atoms with E-state index in [9.17, 15) is 19.5 Å². The molecule has 4 N–H and O–H groups in total. The number of aromatic amines is 1. The molecule has 0 fully saturated rings. The first kappa shape index (κ1) is 27.1. The van der Waals surface area contributed by atoms with Gasteiger partial charge in [0.1, 0.15) is 0 Å². The van der Waals surface area contributed by atoms with Crippen molar-refractivity contribution >= 4 is 33.9 Å². The Kier molecular flexibility index (Phi) is 6.24. The zero-order valence-electron chi connectivity index (χ0n) is 23.2. The van der Waals surface area contributed by atoms with Gasteiger partial charge in [0, 0.05) is 34.8 Å². The van der Waals surface area contributed by atoms with Crippen molar-refractivity contribution in [2.24, 2.45) is 11.7 Å². The van der Waals surface area contributed by atoms with Crippen LogP contribution in [0.15, 0.2) is 70.4 Å². The van der Waals surface area contributed by atoms with Crippen molar-refractivity contribution in [3.05, 3.63) is 115 Å². The number of nitrogens with two attached hydrogens (primary N) is 1. The molecular formula is C32H31ClN4O4. The minimum Gasteiger partial charge on any atom is -0.386 e. The Morgan fingerprint density at radius 3 is 2.59 bits per heavy atom. The van der Waals surface area contributed by atoms with E-state index < -0.39 is 28.7 Å². The van der Waals surface area contributed by atoms with Gasteiger partial charge in [0.25, 0.3) is 5.56 Å². The first-order chi connectivity index (χ1) is 19.4. The number of nitrogens with zero attached hydrogens (tertiary/aromatic N) is 2. The van der Waals surface area contributed by atoms with Gasteiger partial charge in [-0.05, 0) is 79.6 Å². The Morgan fingerprint density at radius 1 is 1.12 bits per heavy atom. The molecule has 0 aliphatic heterocycles. The van der Waals surface area contributed by atoms with Crippen molar-refractivity contribution in [2.75, 3.05) is 0 Å². The number of nitrogens with one attached hydrogen (secondary N) is 1. The number of hydrogen-bond acceptors (Lipinski definition) is 4. The minimum atomic E-state index is -1.04. The maximum Gasteiger partial charge on any atom is 0.340 e. The van der Waals surface area contributed by atoms with Crippen LogP contribution in [0.5, 0.6) is 0 Å². The third-order valence-electron chi connectivity index (χ3n) is 8.54. The van der Waals surface area contributed by atoms with E-state index in [1.54, 1.807) is 38.2 Å². The first-order valence-corrected chi connectivity index (χ1v) is 14.0. The summed E-state index contributed by atoms with van der Waals surface area (Å²) >= 11 is 6.27. The van der Waals surface area contributed by atoms with Crippen LogP contribution in [0.2, 0.25) is 5.02 Å². The van der Waals surface area contributed by atoms with E-state index in [1.165, 1.54) is 15.0 Å². The molecule has 0 bridgehead atoms. The summed E-state index contributed by atoms with van der Waals surface area (Å²) in [4.78, 5) is 42.9. The van der Waals surface area contributed by atoms with Crippen LogP contribution in [0, 0.1) is 12.8 Å². The molecule has 3 heterocycles. The van der Waals surface area contributed by atoms with Gasteiger partial charge in [-0.25, -0.2) is 9.36 Å². The Balaban J connectivity index is 1.59. The summed E-state index contributed by atoms with van der Waals surface area (Å²) in [5.74, 6) is -1.01. The molecule has 1 aliphatic carbocycles. The molecule has 0 radical (unpaired) electrons. The maximum absolute atomic E-state index is 13.6. The molecule has 2 aromatic carbocycles. The van der Waals surface area contributed by atoms with E-state index in [4.69, 9.17) is 17.3 Å². The number of carbonyl (C=O) groups is 1. The van der Waals surface area contributed by atoms with Gasteiger partial charge in [0.15, 0.2) is 0 Å². The molecule has 3 atom stereocenters. The number of carbonyl (C=O) groups excluding carboxylic acids is 1. The predicted octanol–water partition coefficient (Wildman–Crippen LogP) is 4.86. The largest absolute Gasteiger partial charge is 0.386 e. The number of pyridine rings is 1. The lowest BCUT2D eigenvalue weighted by Gasteiger charge is -2.35. The molecule has 1 amide bonds. The summed E-state index contributed by atoms with van der Waals surface area (Å²) in [5.41, 5.74) is 9.75. The number of H-pyrrole nitrogens is 1. The normalized spacial score (nSPS) is 19.0. The lowest BCUT2D eigenvalue weighted by atomic mass is 9.69. The highest BCUT2D eigenvalue weighted by molar-refractivity contribution is 6.33. The lowest BCUT2D eigenvalue weighted by molar-refractivity contribution is -0.120. The molecule has 1 aliphatic rings. The molecule has 6 rings (SSSR count). The zero-order valence-corrected chi connectivity index (χ0v) is 24.0. The Bertz CT molecular complexity index is 2000. The van der Waals surface area contributed by atoms with E-state index in [-0.39, 0.29) is 11.8 Å². The number of fused-ring (bicyclic) bond motifs is 4. The van der Waals surface area contributed by atoms with Crippen LogP contribution in [0.4, 0.5) is 0 Å². The van der Waals surface area contributed by atoms with Crippen LogP contribution in [-0.2, 0) is 10.4 Å². The molecule has 8 nitrogen and oxygen atoms in total. The summed E-state index contributed by atoms with van der Waals surface area (Å²) in [6.07, 6.45) is 2.13. The number of primary amides is 1. The molecule has 3 aromatic heterocycles. The molecule has 9 heteroatoms. The van der Waals surface area contributed by atoms with E-state index in [0.717, 1.165) is 38.9 Å². The Morgan fingerprint density at radius 2 is 1.88 bits per heavy atom. The number of rotatable bonds is 4. The fourth-order valence-electron chi connectivity index (χ4n) is 6.49. The Hall–Kier alpha value is -4.14. The zero-order chi connectivity index (χ0) is 29.4.